The largest absolute Gasteiger partial charge is 0.369 e. The number of allylic oxidation sites excluding steroid dienone is 2. The van der Waals surface area contributed by atoms with Crippen LogP contribution in [0.2, 0.25) is 0 Å². The third kappa shape index (κ3) is 2.91. The molecule has 0 aromatic carbocycles. The molecule has 0 bridgehead atoms. The van der Waals surface area contributed by atoms with Crippen molar-refractivity contribution in [2.24, 2.45) is 61.9 Å². The van der Waals surface area contributed by atoms with Crippen molar-refractivity contribution < 1.29 is 14.4 Å². The Kier molecular flexibility index (Phi) is 5.23. The molecule has 1 amide bonds. The Hall–Kier alpha value is -1.96. The van der Waals surface area contributed by atoms with Crippen molar-refractivity contribution in [3.8, 4) is 6.07 Å². The number of hydrogen-bond donors (Lipinski definition) is 1. The Morgan fingerprint density at radius 3 is 2.19 bits per heavy atom. The van der Waals surface area contributed by atoms with Crippen LogP contribution in [0.15, 0.2) is 11.6 Å². The lowest BCUT2D eigenvalue weighted by molar-refractivity contribution is -0.221. The number of rotatable bonds is 1. The van der Waals surface area contributed by atoms with Gasteiger partial charge in [-0.3, -0.25) is 14.4 Å². The average Bonchev–Trinajstić information content (AvgIpc) is 2.77. The second-order valence-corrected chi connectivity index (χ2v) is 15.2. The SMILES string of the molecule is CC1(C)CC[C@]2(C(N)=O)CC[C@]3(C)C(C(=O)CC4[C@@]5(C)C=C(C#N)C(=O)C(C)(C)C5CC[C@]43C)[C@H]2C1. The van der Waals surface area contributed by atoms with Gasteiger partial charge in [0.25, 0.3) is 0 Å². The van der Waals surface area contributed by atoms with Crippen LogP contribution in [0.1, 0.15) is 99.8 Å². The van der Waals surface area contributed by atoms with E-state index in [-0.39, 0.29) is 63.0 Å². The van der Waals surface area contributed by atoms with Gasteiger partial charge < -0.3 is 5.73 Å². The summed E-state index contributed by atoms with van der Waals surface area (Å²) in [5.74, 6) is -0.0178. The van der Waals surface area contributed by atoms with E-state index in [0.717, 1.165) is 44.9 Å². The third-order valence-corrected chi connectivity index (χ3v) is 13.0. The lowest BCUT2D eigenvalue weighted by Crippen LogP contribution is -2.69. The molecule has 5 rings (SSSR count). The number of nitrogens with zero attached hydrogens (tertiary/aromatic N) is 1. The molecular formula is C31H44N2O3. The molecule has 36 heavy (non-hydrogen) atoms. The van der Waals surface area contributed by atoms with Crippen molar-refractivity contribution in [1.29, 1.82) is 5.26 Å². The Labute approximate surface area is 216 Å². The molecule has 5 aliphatic rings. The zero-order chi connectivity index (χ0) is 26.7. The Balaban J connectivity index is 1.65. The molecule has 2 N–H and O–H groups in total. The molecular weight excluding hydrogens is 448 g/mol. The van der Waals surface area contributed by atoms with Gasteiger partial charge in [0.1, 0.15) is 11.9 Å². The number of nitrogens with two attached hydrogens (primary N) is 1. The average molecular weight is 493 g/mol. The number of hydrogen-bond acceptors (Lipinski definition) is 4. The van der Waals surface area contributed by atoms with Crippen molar-refractivity contribution in [2.75, 3.05) is 0 Å². The number of amides is 1. The van der Waals surface area contributed by atoms with Crippen LogP contribution < -0.4 is 5.73 Å². The lowest BCUT2D eigenvalue weighted by atomic mass is 9.31. The number of carbonyl (C=O) groups excluding carboxylic acids is 3. The minimum absolute atomic E-state index is 0.0112. The van der Waals surface area contributed by atoms with E-state index in [0.29, 0.717) is 6.42 Å². The summed E-state index contributed by atoms with van der Waals surface area (Å²) in [7, 11) is 0. The maximum Gasteiger partial charge on any atom is 0.223 e. The first-order valence-electron chi connectivity index (χ1n) is 14.0. The topological polar surface area (TPSA) is 101 Å². The van der Waals surface area contributed by atoms with Gasteiger partial charge in [0, 0.05) is 17.8 Å². The van der Waals surface area contributed by atoms with E-state index in [9.17, 15) is 19.6 Å². The first kappa shape index (κ1) is 25.7. The molecule has 5 nitrogen and oxygen atoms in total. The van der Waals surface area contributed by atoms with E-state index >= 15 is 0 Å². The van der Waals surface area contributed by atoms with Crippen molar-refractivity contribution in [2.45, 2.75) is 99.8 Å². The Morgan fingerprint density at radius 1 is 0.944 bits per heavy atom. The van der Waals surface area contributed by atoms with Crippen LogP contribution in [-0.4, -0.2) is 17.5 Å². The summed E-state index contributed by atoms with van der Waals surface area (Å²) in [6.45, 7) is 15.4. The van der Waals surface area contributed by atoms with E-state index < -0.39 is 16.2 Å². The fourth-order valence-electron chi connectivity index (χ4n) is 10.7. The summed E-state index contributed by atoms with van der Waals surface area (Å²) in [6, 6.07) is 2.19. The summed E-state index contributed by atoms with van der Waals surface area (Å²) in [5.41, 5.74) is 4.50. The van der Waals surface area contributed by atoms with Gasteiger partial charge in [0.15, 0.2) is 5.78 Å². The van der Waals surface area contributed by atoms with Crippen LogP contribution in [0.3, 0.4) is 0 Å². The molecule has 0 aromatic rings. The number of Topliss-reactive ketones (excluding diaryl/α,β-unsaturated/α-hetero) is 2. The smallest absolute Gasteiger partial charge is 0.223 e. The van der Waals surface area contributed by atoms with Gasteiger partial charge in [-0.1, -0.05) is 54.5 Å². The normalized spacial score (nSPS) is 48.9. The van der Waals surface area contributed by atoms with Crippen LogP contribution in [0, 0.1) is 67.5 Å². The van der Waals surface area contributed by atoms with E-state index in [4.69, 9.17) is 5.73 Å². The number of nitriles is 1. The third-order valence-electron chi connectivity index (χ3n) is 13.0. The quantitative estimate of drug-likeness (QED) is 0.502. The van der Waals surface area contributed by atoms with Crippen LogP contribution in [0.25, 0.3) is 0 Å². The second kappa shape index (κ2) is 7.33. The van der Waals surface area contributed by atoms with Gasteiger partial charge >= 0.3 is 0 Å². The molecule has 5 heteroatoms. The molecule has 0 spiro atoms. The molecule has 4 fully saturated rings. The minimum atomic E-state index is -0.627. The molecule has 0 saturated heterocycles. The number of fused-ring (bicyclic) bond motifs is 7. The standard InChI is InChI=1S/C31H44N2O3/c1-26(2)10-12-31(25(33)36)13-11-30(7)23(19(31)16-26)20(34)14-22-28(5)15-18(17-32)24(35)27(3,4)21(28)8-9-29(22,30)6/h15,19,21-23H,8-14,16H2,1-7H3,(H2,33,36)/t19-,21?,22?,23?,28+,29-,30-,31+/m1/s1. The monoisotopic (exact) mass is 492 g/mol. The highest BCUT2D eigenvalue weighted by Gasteiger charge is 2.72. The predicted molar refractivity (Wildman–Crippen MR) is 138 cm³/mol. The molecule has 4 saturated carbocycles. The van der Waals surface area contributed by atoms with Crippen LogP contribution >= 0.6 is 0 Å². The summed E-state index contributed by atoms with van der Waals surface area (Å²) in [5, 5.41) is 9.86. The van der Waals surface area contributed by atoms with Gasteiger partial charge in [-0.25, -0.2) is 0 Å². The van der Waals surface area contributed by atoms with E-state index in [1.807, 2.05) is 19.9 Å². The highest BCUT2D eigenvalue weighted by Crippen LogP contribution is 2.75. The minimum Gasteiger partial charge on any atom is -0.369 e. The highest BCUT2D eigenvalue weighted by atomic mass is 16.1. The maximum absolute atomic E-state index is 14.4. The van der Waals surface area contributed by atoms with Gasteiger partial charge in [-0.15, -0.1) is 0 Å². The van der Waals surface area contributed by atoms with Crippen LogP contribution in [-0.2, 0) is 14.4 Å². The fourth-order valence-corrected chi connectivity index (χ4v) is 10.7. The van der Waals surface area contributed by atoms with Gasteiger partial charge in [-0.2, -0.15) is 5.26 Å². The summed E-state index contributed by atoms with van der Waals surface area (Å²) < 4.78 is 0. The number of primary amides is 1. The molecule has 0 radical (unpaired) electrons. The van der Waals surface area contributed by atoms with Gasteiger partial charge in [0.2, 0.25) is 5.91 Å². The van der Waals surface area contributed by atoms with Crippen molar-refractivity contribution in [3.05, 3.63) is 11.6 Å². The van der Waals surface area contributed by atoms with Crippen molar-refractivity contribution >= 4 is 17.5 Å². The highest BCUT2D eigenvalue weighted by molar-refractivity contribution is 6.04. The first-order valence-corrected chi connectivity index (χ1v) is 14.0. The maximum atomic E-state index is 14.4. The number of ketones is 2. The molecule has 3 unspecified atom stereocenters. The summed E-state index contributed by atoms with van der Waals surface area (Å²) in [6.07, 6.45) is 8.47. The summed E-state index contributed by atoms with van der Waals surface area (Å²) >= 11 is 0. The molecule has 0 aliphatic heterocycles. The van der Waals surface area contributed by atoms with Crippen LogP contribution in [0.5, 0.6) is 0 Å². The van der Waals surface area contributed by atoms with Crippen molar-refractivity contribution in [3.63, 3.8) is 0 Å². The second-order valence-electron chi connectivity index (χ2n) is 15.2. The van der Waals surface area contributed by atoms with Gasteiger partial charge in [0.05, 0.1) is 11.0 Å². The zero-order valence-electron chi connectivity index (χ0n) is 23.3. The first-order chi connectivity index (χ1) is 16.5. The number of carbonyl (C=O) groups is 3. The van der Waals surface area contributed by atoms with Gasteiger partial charge in [-0.05, 0) is 84.4 Å². The van der Waals surface area contributed by atoms with E-state index in [2.05, 4.69) is 40.7 Å². The van der Waals surface area contributed by atoms with E-state index in [1.54, 1.807) is 0 Å². The Bertz CT molecular complexity index is 1130. The molecule has 0 heterocycles. The molecule has 8 atom stereocenters. The molecule has 5 aliphatic carbocycles. The fraction of sp³-hybridized carbons (Fsp3) is 0.806. The van der Waals surface area contributed by atoms with E-state index in [1.165, 1.54) is 0 Å². The summed E-state index contributed by atoms with van der Waals surface area (Å²) in [4.78, 5) is 40.6. The Morgan fingerprint density at radius 2 is 1.58 bits per heavy atom. The molecule has 196 valence electrons. The van der Waals surface area contributed by atoms with Crippen LogP contribution in [0.4, 0.5) is 0 Å². The zero-order valence-corrected chi connectivity index (χ0v) is 23.3. The lowest BCUT2D eigenvalue weighted by Gasteiger charge is -2.71. The van der Waals surface area contributed by atoms with Crippen molar-refractivity contribution in [1.82, 2.24) is 0 Å². The molecule has 0 aromatic heterocycles. The predicted octanol–water partition coefficient (Wildman–Crippen LogP) is 5.77.